The number of morpholine rings is 1. The number of amides is 2. The molecule has 1 heterocycles. The summed E-state index contributed by atoms with van der Waals surface area (Å²) in [6.07, 6.45) is -0.349. The zero-order chi connectivity index (χ0) is 21.8. The molecule has 0 spiro atoms. The van der Waals surface area contributed by atoms with Crippen LogP contribution in [0.3, 0.4) is 0 Å². The first-order valence-electron chi connectivity index (χ1n) is 9.89. The van der Waals surface area contributed by atoms with Gasteiger partial charge in [-0.3, -0.25) is 9.59 Å². The molecule has 1 aliphatic heterocycles. The maximum absolute atomic E-state index is 12.9. The third-order valence-electron chi connectivity index (χ3n) is 4.96. The van der Waals surface area contributed by atoms with E-state index in [4.69, 9.17) is 4.74 Å². The summed E-state index contributed by atoms with van der Waals surface area (Å²) in [6, 6.07) is 5.85. The van der Waals surface area contributed by atoms with Crippen molar-refractivity contribution in [2.75, 3.05) is 39.8 Å². The van der Waals surface area contributed by atoms with Gasteiger partial charge in [-0.05, 0) is 52.0 Å². The van der Waals surface area contributed by atoms with Crippen LogP contribution in [0, 0.1) is 0 Å². The predicted molar refractivity (Wildman–Crippen MR) is 110 cm³/mol. The van der Waals surface area contributed by atoms with Crippen LogP contribution in [-0.2, 0) is 19.6 Å². The van der Waals surface area contributed by atoms with Crippen molar-refractivity contribution in [3.8, 4) is 0 Å². The molecule has 0 aromatic heterocycles. The second-order valence-corrected chi connectivity index (χ2v) is 9.27. The number of sulfonamides is 1. The van der Waals surface area contributed by atoms with Crippen LogP contribution in [0.5, 0.6) is 0 Å². The van der Waals surface area contributed by atoms with Crippen LogP contribution in [0.15, 0.2) is 29.2 Å². The number of likely N-dealkylation sites (N-methyl/N-ethyl adjacent to an activating group) is 2. The van der Waals surface area contributed by atoms with Gasteiger partial charge in [-0.2, -0.15) is 4.31 Å². The summed E-state index contributed by atoms with van der Waals surface area (Å²) in [5.41, 5.74) is 0.336. The fraction of sp³-hybridized carbons (Fsp3) is 0.600. The van der Waals surface area contributed by atoms with Crippen molar-refractivity contribution in [2.45, 2.75) is 44.8 Å². The molecule has 2 atom stereocenters. The van der Waals surface area contributed by atoms with Crippen molar-refractivity contribution in [1.29, 1.82) is 0 Å². The Balaban J connectivity index is 2.10. The topological polar surface area (TPSA) is 87.2 Å². The Morgan fingerprint density at radius 1 is 1.07 bits per heavy atom. The van der Waals surface area contributed by atoms with Gasteiger partial charge in [-0.15, -0.1) is 0 Å². The van der Waals surface area contributed by atoms with Crippen LogP contribution in [-0.4, -0.2) is 86.3 Å². The first kappa shape index (κ1) is 23.3. The quantitative estimate of drug-likeness (QED) is 0.659. The molecule has 1 aromatic rings. The fourth-order valence-corrected chi connectivity index (χ4v) is 5.01. The molecule has 1 saturated heterocycles. The van der Waals surface area contributed by atoms with Crippen molar-refractivity contribution >= 4 is 21.8 Å². The molecule has 162 valence electrons. The summed E-state index contributed by atoms with van der Waals surface area (Å²) in [7, 11) is -2.10. The van der Waals surface area contributed by atoms with Crippen LogP contribution in [0.4, 0.5) is 0 Å². The standard InChI is InChI=1S/C20H31N3O5S/c1-6-22(7-2)19(24)14-21(5)20(25)17-8-10-18(11-9-17)29(26,27)23-12-15(3)28-16(4)13-23/h8-11,15-16H,6-7,12-14H2,1-5H3. The van der Waals surface area contributed by atoms with E-state index in [9.17, 15) is 18.0 Å². The monoisotopic (exact) mass is 425 g/mol. The lowest BCUT2D eigenvalue weighted by molar-refractivity contribution is -0.131. The van der Waals surface area contributed by atoms with E-state index in [-0.39, 0.29) is 35.5 Å². The normalized spacial score (nSPS) is 20.3. The molecule has 0 N–H and O–H groups in total. The smallest absolute Gasteiger partial charge is 0.254 e. The van der Waals surface area contributed by atoms with Gasteiger partial charge in [-0.1, -0.05) is 0 Å². The highest BCUT2D eigenvalue weighted by molar-refractivity contribution is 7.89. The number of ether oxygens (including phenoxy) is 1. The number of benzene rings is 1. The molecule has 0 radical (unpaired) electrons. The van der Waals surface area contributed by atoms with E-state index in [2.05, 4.69) is 0 Å². The highest BCUT2D eigenvalue weighted by Crippen LogP contribution is 2.21. The molecule has 2 unspecified atom stereocenters. The van der Waals surface area contributed by atoms with Crippen LogP contribution in [0.1, 0.15) is 38.1 Å². The van der Waals surface area contributed by atoms with Gasteiger partial charge in [0.2, 0.25) is 15.9 Å². The van der Waals surface area contributed by atoms with Crippen molar-refractivity contribution in [2.24, 2.45) is 0 Å². The highest BCUT2D eigenvalue weighted by Gasteiger charge is 2.32. The highest BCUT2D eigenvalue weighted by atomic mass is 32.2. The SMILES string of the molecule is CCN(CC)C(=O)CN(C)C(=O)c1ccc(S(=O)(=O)N2CC(C)OC(C)C2)cc1. The third kappa shape index (κ3) is 5.55. The second-order valence-electron chi connectivity index (χ2n) is 7.33. The number of rotatable bonds is 7. The molecule has 29 heavy (non-hydrogen) atoms. The van der Waals surface area contributed by atoms with Crippen LogP contribution >= 0.6 is 0 Å². The largest absolute Gasteiger partial charge is 0.373 e. The Bertz CT molecular complexity index is 811. The van der Waals surface area contributed by atoms with E-state index >= 15 is 0 Å². The van der Waals surface area contributed by atoms with E-state index < -0.39 is 10.0 Å². The molecule has 2 rings (SSSR count). The predicted octanol–water partition coefficient (Wildman–Crippen LogP) is 1.42. The van der Waals surface area contributed by atoms with Gasteiger partial charge in [0.1, 0.15) is 0 Å². The zero-order valence-corrected chi connectivity index (χ0v) is 18.6. The maximum atomic E-state index is 12.9. The van der Waals surface area contributed by atoms with Crippen molar-refractivity contribution in [3.63, 3.8) is 0 Å². The second kappa shape index (κ2) is 9.69. The average molecular weight is 426 g/mol. The van der Waals surface area contributed by atoms with E-state index in [1.54, 1.807) is 11.9 Å². The molecular weight excluding hydrogens is 394 g/mol. The number of hydrogen-bond donors (Lipinski definition) is 0. The minimum absolute atomic E-state index is 0.0237. The van der Waals surface area contributed by atoms with Gasteiger partial charge in [0.05, 0.1) is 23.6 Å². The maximum Gasteiger partial charge on any atom is 0.254 e. The minimum atomic E-state index is -3.66. The number of hydrogen-bond acceptors (Lipinski definition) is 5. The van der Waals surface area contributed by atoms with Gasteiger partial charge in [0.25, 0.3) is 5.91 Å². The summed E-state index contributed by atoms with van der Waals surface area (Å²) in [5, 5.41) is 0. The van der Waals surface area contributed by atoms with E-state index in [1.807, 2.05) is 27.7 Å². The van der Waals surface area contributed by atoms with Crippen LogP contribution in [0.2, 0.25) is 0 Å². The molecule has 1 aromatic carbocycles. The summed E-state index contributed by atoms with van der Waals surface area (Å²) in [4.78, 5) is 27.9. The van der Waals surface area contributed by atoms with E-state index in [1.165, 1.54) is 33.5 Å². The van der Waals surface area contributed by atoms with Gasteiger partial charge < -0.3 is 14.5 Å². The summed E-state index contributed by atoms with van der Waals surface area (Å²) >= 11 is 0. The van der Waals surface area contributed by atoms with Crippen molar-refractivity contribution in [1.82, 2.24) is 14.1 Å². The zero-order valence-electron chi connectivity index (χ0n) is 17.8. The van der Waals surface area contributed by atoms with Crippen molar-refractivity contribution < 1.29 is 22.7 Å². The minimum Gasteiger partial charge on any atom is -0.373 e. The Morgan fingerprint density at radius 3 is 2.07 bits per heavy atom. The lowest BCUT2D eigenvalue weighted by Crippen LogP contribution is -2.48. The molecule has 8 nitrogen and oxygen atoms in total. The van der Waals surface area contributed by atoms with Gasteiger partial charge >= 0.3 is 0 Å². The Kier molecular flexibility index (Phi) is 7.79. The number of nitrogens with zero attached hydrogens (tertiary/aromatic N) is 3. The van der Waals surface area contributed by atoms with Crippen LogP contribution in [0.25, 0.3) is 0 Å². The van der Waals surface area contributed by atoms with Gasteiger partial charge in [0, 0.05) is 38.8 Å². The Morgan fingerprint density at radius 2 is 1.59 bits per heavy atom. The van der Waals surface area contributed by atoms with Crippen LogP contribution < -0.4 is 0 Å². The molecular formula is C20H31N3O5S. The van der Waals surface area contributed by atoms with Gasteiger partial charge in [-0.25, -0.2) is 8.42 Å². The lowest BCUT2D eigenvalue weighted by atomic mass is 10.2. The first-order chi connectivity index (χ1) is 13.6. The number of carbonyl (C=O) groups excluding carboxylic acids is 2. The molecule has 1 fully saturated rings. The Labute approximate surface area is 173 Å². The molecule has 2 amide bonds. The lowest BCUT2D eigenvalue weighted by Gasteiger charge is -2.34. The summed E-state index contributed by atoms with van der Waals surface area (Å²) in [5.74, 6) is -0.455. The first-order valence-corrected chi connectivity index (χ1v) is 11.3. The molecule has 1 aliphatic rings. The molecule has 0 aliphatic carbocycles. The Hall–Kier alpha value is -1.97. The fourth-order valence-electron chi connectivity index (χ4n) is 3.42. The molecule has 9 heteroatoms. The number of carbonyl (C=O) groups is 2. The summed E-state index contributed by atoms with van der Waals surface area (Å²) in [6.45, 7) is 9.20. The van der Waals surface area contributed by atoms with Crippen molar-refractivity contribution in [3.05, 3.63) is 29.8 Å². The third-order valence-corrected chi connectivity index (χ3v) is 6.81. The van der Waals surface area contributed by atoms with E-state index in [0.717, 1.165) is 0 Å². The summed E-state index contributed by atoms with van der Waals surface area (Å²) < 4.78 is 32.8. The average Bonchev–Trinajstić information content (AvgIpc) is 2.67. The van der Waals surface area contributed by atoms with Gasteiger partial charge in [0.15, 0.2) is 0 Å². The van der Waals surface area contributed by atoms with E-state index in [0.29, 0.717) is 31.7 Å². The molecule has 0 bridgehead atoms. The molecule has 0 saturated carbocycles.